The van der Waals surface area contributed by atoms with Gasteiger partial charge in [0.05, 0.1) is 18.1 Å². The fourth-order valence-corrected chi connectivity index (χ4v) is 13.6. The Labute approximate surface area is 317 Å². The van der Waals surface area contributed by atoms with E-state index in [0.29, 0.717) is 44.2 Å². The van der Waals surface area contributed by atoms with Crippen LogP contribution in [0.1, 0.15) is 126 Å². The van der Waals surface area contributed by atoms with Gasteiger partial charge in [0.15, 0.2) is 5.78 Å². The highest BCUT2D eigenvalue weighted by Gasteiger charge is 2.70. The molecule has 2 unspecified atom stereocenters. The average molecular weight is 746 g/mol. The van der Waals surface area contributed by atoms with Gasteiger partial charge in [-0.15, -0.1) is 0 Å². The molecule has 0 aromatic carbocycles. The molecule has 53 heavy (non-hydrogen) atoms. The number of hydrogen-bond donors (Lipinski definition) is 6. The molecule has 1 aliphatic heterocycles. The maximum Gasteiger partial charge on any atom is 0.309 e. The number of nitrogens with one attached hydrogen (secondary N) is 1. The van der Waals surface area contributed by atoms with Crippen molar-refractivity contribution in [3.63, 3.8) is 0 Å². The highest BCUT2D eigenvalue weighted by Crippen LogP contribution is 2.75. The molecule has 0 aromatic rings. The van der Waals surface area contributed by atoms with Crippen molar-refractivity contribution in [2.75, 3.05) is 26.9 Å². The van der Waals surface area contributed by atoms with E-state index in [9.17, 15) is 35.1 Å². The second-order valence-electron chi connectivity index (χ2n) is 20.5. The Morgan fingerprint density at radius 1 is 0.925 bits per heavy atom. The Hall–Kier alpha value is -1.40. The van der Waals surface area contributed by atoms with Gasteiger partial charge in [-0.05, 0) is 141 Å². The molecule has 6 N–H and O–H groups in total. The summed E-state index contributed by atoms with van der Waals surface area (Å²) in [7, 11) is 1.69. The van der Waals surface area contributed by atoms with Gasteiger partial charge in [0.25, 0.3) is 0 Å². The van der Waals surface area contributed by atoms with Crippen LogP contribution in [0.15, 0.2) is 11.6 Å². The first-order valence-electron chi connectivity index (χ1n) is 20.7. The van der Waals surface area contributed by atoms with Crippen molar-refractivity contribution >= 4 is 11.8 Å². The van der Waals surface area contributed by atoms with E-state index < -0.39 is 48.5 Å². The Bertz CT molecular complexity index is 1420. The summed E-state index contributed by atoms with van der Waals surface area (Å²) in [6.45, 7) is 17.3. The van der Waals surface area contributed by atoms with Gasteiger partial charge in [0, 0.05) is 25.7 Å². The van der Waals surface area contributed by atoms with E-state index in [4.69, 9.17) is 9.47 Å². The zero-order valence-electron chi connectivity index (χ0n) is 33.8. The van der Waals surface area contributed by atoms with Gasteiger partial charge in [-0.25, -0.2) is 0 Å². The molecule has 0 aromatic heterocycles. The van der Waals surface area contributed by atoms with Crippen LogP contribution < -0.4 is 5.32 Å². The zero-order valence-corrected chi connectivity index (χ0v) is 33.8. The third-order valence-electron chi connectivity index (χ3n) is 17.3. The minimum atomic E-state index is -1.36. The normalized spacial score (nSPS) is 48.4. The highest BCUT2D eigenvalue weighted by atomic mass is 16.5. The SMILES string of the molecule is COCC(CCN[C@H]1CC[C@@]2(C)C(CC[C@]3(C)[C@@H]2C(=O)C=C2[C@@H]4C[C@@](C)(C(=O)O)CC[C@]4(C)CC[C@]23C)C1(C)C)CC[C@@H]1O[C@H](CO)[C@@H](O)[C@H](O)[C@H]1O. The van der Waals surface area contributed by atoms with Crippen LogP contribution in [0, 0.1) is 56.2 Å². The van der Waals surface area contributed by atoms with Gasteiger partial charge in [-0.1, -0.05) is 47.1 Å². The van der Waals surface area contributed by atoms with Crippen molar-refractivity contribution in [2.24, 2.45) is 56.2 Å². The van der Waals surface area contributed by atoms with Crippen LogP contribution in [0.25, 0.3) is 0 Å². The molecule has 1 heterocycles. The molecular weight excluding hydrogens is 674 g/mol. The maximum absolute atomic E-state index is 14.7. The van der Waals surface area contributed by atoms with Crippen LogP contribution >= 0.6 is 0 Å². The fourth-order valence-electron chi connectivity index (χ4n) is 13.6. The molecule has 0 radical (unpaired) electrons. The number of carbonyl (C=O) groups excluding carboxylic acids is 1. The van der Waals surface area contributed by atoms with Crippen LogP contribution in [0.2, 0.25) is 0 Å². The smallest absolute Gasteiger partial charge is 0.309 e. The Morgan fingerprint density at radius 2 is 1.60 bits per heavy atom. The Morgan fingerprint density at radius 3 is 2.26 bits per heavy atom. The van der Waals surface area contributed by atoms with Crippen molar-refractivity contribution < 1.29 is 44.6 Å². The van der Waals surface area contributed by atoms with E-state index in [1.807, 2.05) is 13.0 Å². The van der Waals surface area contributed by atoms with Crippen LogP contribution in [0.3, 0.4) is 0 Å². The molecule has 10 nitrogen and oxygen atoms in total. The number of methoxy groups -OCH3 is 1. The number of fused-ring (bicyclic) bond motifs is 7. The van der Waals surface area contributed by atoms with Crippen LogP contribution in [0.4, 0.5) is 0 Å². The first kappa shape index (κ1) is 41.2. The molecule has 4 saturated carbocycles. The number of carboxylic acid groups (broad SMARTS) is 1. The number of rotatable bonds is 11. The summed E-state index contributed by atoms with van der Waals surface area (Å²) in [4.78, 5) is 27.2. The number of aliphatic carboxylic acids is 1. The molecule has 10 heteroatoms. The number of aliphatic hydroxyl groups excluding tert-OH is 4. The van der Waals surface area contributed by atoms with E-state index in [1.165, 1.54) is 5.57 Å². The van der Waals surface area contributed by atoms with Gasteiger partial charge >= 0.3 is 5.97 Å². The zero-order chi connectivity index (χ0) is 38.9. The van der Waals surface area contributed by atoms with Crippen molar-refractivity contribution in [1.82, 2.24) is 5.32 Å². The molecule has 6 aliphatic rings. The molecule has 6 rings (SSSR count). The van der Waals surface area contributed by atoms with Crippen molar-refractivity contribution in [3.05, 3.63) is 11.6 Å². The molecular formula is C43H71NO9. The number of carbonyl (C=O) groups is 2. The van der Waals surface area contributed by atoms with Crippen molar-refractivity contribution in [3.8, 4) is 0 Å². The summed E-state index contributed by atoms with van der Waals surface area (Å²) in [6.07, 6.45) is 7.01. The number of allylic oxidation sites excluding steroid dienone is 2. The number of carboxylic acids is 1. The standard InChI is InChI=1S/C43H71NO9/c1-38(2)31-11-15-43(7)36(28(46)21-26-27-22-40(4,37(50)51)17-16-39(27,3)18-19-42(26,43)6)41(31,5)14-12-32(38)44-20-13-25(24-52-8)9-10-29-33(47)35(49)34(48)30(23-45)53-29/h21,25,27,29-36,44-45,47-49H,9-20,22-24H2,1-8H3,(H,50,51)/t25?,27-,29-,30+,31?,32-,33-,34+,35+,36+,39+,40-,41-,42+,43+/m0/s1. The number of ketones is 1. The minimum Gasteiger partial charge on any atom is -0.481 e. The molecule has 5 aliphatic carbocycles. The third-order valence-corrected chi connectivity index (χ3v) is 17.3. The highest BCUT2D eigenvalue weighted by molar-refractivity contribution is 5.95. The Balaban J connectivity index is 1.14. The minimum absolute atomic E-state index is 0.0373. The summed E-state index contributed by atoms with van der Waals surface area (Å²) in [5.41, 5.74) is 0.0638. The lowest BCUT2D eigenvalue weighted by Crippen LogP contribution is -2.67. The monoisotopic (exact) mass is 746 g/mol. The Kier molecular flexibility index (Phi) is 11.3. The molecule has 302 valence electrons. The largest absolute Gasteiger partial charge is 0.481 e. The predicted octanol–water partition coefficient (Wildman–Crippen LogP) is 5.29. The number of hydrogen-bond acceptors (Lipinski definition) is 9. The van der Waals surface area contributed by atoms with Gasteiger partial charge in [0.1, 0.15) is 24.4 Å². The van der Waals surface area contributed by atoms with Gasteiger partial charge in [0.2, 0.25) is 0 Å². The van der Waals surface area contributed by atoms with E-state index in [1.54, 1.807) is 7.11 Å². The summed E-state index contributed by atoms with van der Waals surface area (Å²) in [5, 5.41) is 54.7. The van der Waals surface area contributed by atoms with E-state index in [-0.39, 0.29) is 50.6 Å². The molecule has 0 spiro atoms. The lowest BCUT2D eigenvalue weighted by molar-refractivity contribution is -0.231. The topological polar surface area (TPSA) is 166 Å². The summed E-state index contributed by atoms with van der Waals surface area (Å²) in [6, 6.07) is 0.297. The van der Waals surface area contributed by atoms with E-state index in [2.05, 4.69) is 46.9 Å². The first-order valence-corrected chi connectivity index (χ1v) is 20.7. The maximum atomic E-state index is 14.7. The van der Waals surface area contributed by atoms with E-state index in [0.717, 1.165) is 57.9 Å². The van der Waals surface area contributed by atoms with E-state index >= 15 is 0 Å². The molecule has 1 saturated heterocycles. The third kappa shape index (κ3) is 6.60. The summed E-state index contributed by atoms with van der Waals surface area (Å²) < 4.78 is 11.3. The second-order valence-corrected chi connectivity index (χ2v) is 20.5. The second kappa shape index (κ2) is 14.5. The summed E-state index contributed by atoms with van der Waals surface area (Å²) in [5.74, 6) is 0.212. The lowest BCUT2D eigenvalue weighted by Gasteiger charge is -2.70. The first-order chi connectivity index (χ1) is 24.7. The van der Waals surface area contributed by atoms with Crippen LogP contribution in [-0.4, -0.2) is 101 Å². The quantitative estimate of drug-likeness (QED) is 0.164. The summed E-state index contributed by atoms with van der Waals surface area (Å²) >= 11 is 0. The van der Waals surface area contributed by atoms with Gasteiger partial charge < -0.3 is 40.3 Å². The fraction of sp³-hybridized carbons (Fsp3) is 0.907. The molecule has 0 bridgehead atoms. The molecule has 0 amide bonds. The lowest BCUT2D eigenvalue weighted by atomic mass is 9.33. The van der Waals surface area contributed by atoms with Crippen LogP contribution in [0.5, 0.6) is 0 Å². The van der Waals surface area contributed by atoms with Crippen molar-refractivity contribution in [1.29, 1.82) is 0 Å². The number of ether oxygens (including phenoxy) is 2. The van der Waals surface area contributed by atoms with Crippen LogP contribution in [-0.2, 0) is 19.1 Å². The van der Waals surface area contributed by atoms with Gasteiger partial charge in [-0.3, -0.25) is 9.59 Å². The van der Waals surface area contributed by atoms with Gasteiger partial charge in [-0.2, -0.15) is 0 Å². The van der Waals surface area contributed by atoms with Crippen molar-refractivity contribution in [2.45, 2.75) is 162 Å². The molecule has 5 fully saturated rings. The predicted molar refractivity (Wildman–Crippen MR) is 202 cm³/mol. The average Bonchev–Trinajstić information content (AvgIpc) is 3.09. The molecule has 15 atom stereocenters. The number of aliphatic hydroxyl groups is 4.